The maximum Gasteiger partial charge on any atom is 0.115 e. The Morgan fingerprint density at radius 1 is 0.964 bits per heavy atom. The fourth-order valence-corrected chi connectivity index (χ4v) is 8.99. The zero-order valence-corrected chi connectivity index (χ0v) is 18.2. The van der Waals surface area contributed by atoms with E-state index in [0.29, 0.717) is 28.1 Å². The Labute approximate surface area is 175 Å². The van der Waals surface area contributed by atoms with E-state index in [0.717, 1.165) is 17.5 Å². The molecule has 4 heteroatoms. The standard InChI is InChI=1S/C24H28O2S2/c1-3-22-16(2)21(12-13-24(22)14-15-27-28-24)23(17-4-8-19(25)9-5-17)18-6-10-20(26)11-7-18/h4-11,16,22,25-26H,3,12-15H2,1-2H3. The smallest absolute Gasteiger partial charge is 0.115 e. The Bertz CT molecular complexity index is 802. The number of phenols is 2. The molecule has 2 aromatic carbocycles. The van der Waals surface area contributed by atoms with E-state index in [9.17, 15) is 10.2 Å². The average molecular weight is 413 g/mol. The summed E-state index contributed by atoms with van der Waals surface area (Å²) in [5.74, 6) is 3.05. The molecule has 28 heavy (non-hydrogen) atoms. The molecular formula is C24H28O2S2. The minimum atomic E-state index is 0.292. The molecular weight excluding hydrogens is 384 g/mol. The highest BCUT2D eigenvalue weighted by atomic mass is 33.1. The second kappa shape index (κ2) is 8.08. The van der Waals surface area contributed by atoms with Gasteiger partial charge < -0.3 is 10.2 Å². The van der Waals surface area contributed by atoms with Crippen LogP contribution in [0, 0.1) is 11.8 Å². The van der Waals surface area contributed by atoms with E-state index in [1.165, 1.54) is 36.2 Å². The minimum Gasteiger partial charge on any atom is -0.508 e. The lowest BCUT2D eigenvalue weighted by Gasteiger charge is -2.46. The first-order chi connectivity index (χ1) is 13.5. The van der Waals surface area contributed by atoms with Gasteiger partial charge in [-0.1, -0.05) is 71.7 Å². The maximum absolute atomic E-state index is 9.77. The van der Waals surface area contributed by atoms with Crippen LogP contribution in [0.3, 0.4) is 0 Å². The Kier molecular flexibility index (Phi) is 5.71. The van der Waals surface area contributed by atoms with Crippen molar-refractivity contribution in [2.24, 2.45) is 11.8 Å². The zero-order valence-electron chi connectivity index (χ0n) is 16.5. The van der Waals surface area contributed by atoms with Crippen molar-refractivity contribution in [2.45, 2.75) is 44.3 Å². The molecule has 2 N–H and O–H groups in total. The molecule has 3 unspecified atom stereocenters. The molecule has 1 spiro atoms. The van der Waals surface area contributed by atoms with E-state index in [-0.39, 0.29) is 0 Å². The third-order valence-corrected chi connectivity index (χ3v) is 9.93. The molecule has 0 amide bonds. The van der Waals surface area contributed by atoms with Crippen molar-refractivity contribution < 1.29 is 10.2 Å². The third-order valence-electron chi connectivity index (χ3n) is 6.55. The molecule has 0 aromatic heterocycles. The first-order valence-electron chi connectivity index (χ1n) is 10.2. The van der Waals surface area contributed by atoms with Crippen LogP contribution in [0.15, 0.2) is 54.1 Å². The SMILES string of the molecule is CCC1C(C)C(=C(c2ccc(O)cc2)c2ccc(O)cc2)CCC12CCSS2. The number of hydrogen-bond acceptors (Lipinski definition) is 4. The van der Waals surface area contributed by atoms with Gasteiger partial charge >= 0.3 is 0 Å². The highest BCUT2D eigenvalue weighted by Gasteiger charge is 2.48. The van der Waals surface area contributed by atoms with E-state index in [1.807, 2.05) is 24.3 Å². The first kappa shape index (κ1) is 19.8. The van der Waals surface area contributed by atoms with Crippen LogP contribution in [0.5, 0.6) is 11.5 Å². The number of hydrogen-bond donors (Lipinski definition) is 2. The fourth-order valence-electron chi connectivity index (χ4n) is 5.16. The number of aromatic hydroxyl groups is 2. The average Bonchev–Trinajstić information content (AvgIpc) is 3.16. The van der Waals surface area contributed by atoms with Gasteiger partial charge in [-0.3, -0.25) is 0 Å². The molecule has 2 nitrogen and oxygen atoms in total. The molecule has 0 radical (unpaired) electrons. The van der Waals surface area contributed by atoms with Crippen LogP contribution in [0.4, 0.5) is 0 Å². The van der Waals surface area contributed by atoms with E-state index >= 15 is 0 Å². The summed E-state index contributed by atoms with van der Waals surface area (Å²) in [6.45, 7) is 4.75. The predicted octanol–water partition coefficient (Wildman–Crippen LogP) is 6.88. The van der Waals surface area contributed by atoms with Crippen molar-refractivity contribution in [3.8, 4) is 11.5 Å². The summed E-state index contributed by atoms with van der Waals surface area (Å²) in [5.41, 5.74) is 5.08. The molecule has 4 rings (SSSR count). The van der Waals surface area contributed by atoms with E-state index < -0.39 is 0 Å². The number of benzene rings is 2. The molecule has 1 aliphatic heterocycles. The molecule has 1 aliphatic carbocycles. The molecule has 148 valence electrons. The lowest BCUT2D eigenvalue weighted by Crippen LogP contribution is -2.41. The number of allylic oxidation sites excluding steroid dienone is 1. The Hall–Kier alpha value is -1.52. The van der Waals surface area contributed by atoms with Gasteiger partial charge in [0.05, 0.1) is 0 Å². The van der Waals surface area contributed by atoms with Gasteiger partial charge in [0, 0.05) is 10.5 Å². The van der Waals surface area contributed by atoms with Crippen LogP contribution in [0.2, 0.25) is 0 Å². The zero-order chi connectivity index (χ0) is 19.7. The summed E-state index contributed by atoms with van der Waals surface area (Å²) < 4.78 is 0.428. The summed E-state index contributed by atoms with van der Waals surface area (Å²) in [6, 6.07) is 15.1. The molecule has 2 aromatic rings. The summed E-state index contributed by atoms with van der Waals surface area (Å²) in [5, 5.41) is 19.5. The molecule has 2 aliphatic rings. The largest absolute Gasteiger partial charge is 0.508 e. The lowest BCUT2D eigenvalue weighted by molar-refractivity contribution is 0.238. The van der Waals surface area contributed by atoms with E-state index in [2.05, 4.69) is 35.4 Å². The number of rotatable bonds is 3. The van der Waals surface area contributed by atoms with Crippen molar-refractivity contribution in [3.05, 3.63) is 65.2 Å². The van der Waals surface area contributed by atoms with Gasteiger partial charge in [0.25, 0.3) is 0 Å². The second-order valence-electron chi connectivity index (χ2n) is 8.02. The van der Waals surface area contributed by atoms with Crippen molar-refractivity contribution >= 4 is 27.2 Å². The van der Waals surface area contributed by atoms with Crippen LogP contribution in [0.1, 0.15) is 50.7 Å². The van der Waals surface area contributed by atoms with Crippen LogP contribution >= 0.6 is 21.6 Å². The Morgan fingerprint density at radius 3 is 2.00 bits per heavy atom. The molecule has 0 bridgehead atoms. The molecule has 1 saturated carbocycles. The first-order valence-corrected chi connectivity index (χ1v) is 12.5. The van der Waals surface area contributed by atoms with Crippen molar-refractivity contribution in [3.63, 3.8) is 0 Å². The maximum atomic E-state index is 9.77. The van der Waals surface area contributed by atoms with Gasteiger partial charge in [0.1, 0.15) is 11.5 Å². The van der Waals surface area contributed by atoms with Gasteiger partial charge in [-0.25, -0.2) is 0 Å². The van der Waals surface area contributed by atoms with Crippen LogP contribution < -0.4 is 0 Å². The highest BCUT2D eigenvalue weighted by Crippen LogP contribution is 2.60. The Balaban J connectivity index is 1.83. The topological polar surface area (TPSA) is 40.5 Å². The van der Waals surface area contributed by atoms with Gasteiger partial charge in [0.2, 0.25) is 0 Å². The molecule has 1 heterocycles. The summed E-state index contributed by atoms with van der Waals surface area (Å²) in [7, 11) is 4.19. The van der Waals surface area contributed by atoms with Crippen molar-refractivity contribution in [1.82, 2.24) is 0 Å². The van der Waals surface area contributed by atoms with Gasteiger partial charge in [-0.2, -0.15) is 0 Å². The van der Waals surface area contributed by atoms with Crippen LogP contribution in [0.25, 0.3) is 5.57 Å². The fraction of sp³-hybridized carbons (Fsp3) is 0.417. The quantitative estimate of drug-likeness (QED) is 0.539. The summed E-state index contributed by atoms with van der Waals surface area (Å²) in [6.07, 6.45) is 4.88. The third kappa shape index (κ3) is 3.57. The van der Waals surface area contributed by atoms with Gasteiger partial charge in [0.15, 0.2) is 0 Å². The second-order valence-corrected chi connectivity index (χ2v) is 10.8. The predicted molar refractivity (Wildman–Crippen MR) is 122 cm³/mol. The molecule has 3 atom stereocenters. The summed E-state index contributed by atoms with van der Waals surface area (Å²) >= 11 is 0. The van der Waals surface area contributed by atoms with Crippen LogP contribution in [-0.4, -0.2) is 20.7 Å². The van der Waals surface area contributed by atoms with Crippen molar-refractivity contribution in [1.29, 1.82) is 0 Å². The monoisotopic (exact) mass is 412 g/mol. The van der Waals surface area contributed by atoms with Gasteiger partial charge in [-0.05, 0) is 72.1 Å². The van der Waals surface area contributed by atoms with Gasteiger partial charge in [-0.15, -0.1) is 0 Å². The molecule has 1 saturated heterocycles. The highest BCUT2D eigenvalue weighted by molar-refractivity contribution is 8.77. The summed E-state index contributed by atoms with van der Waals surface area (Å²) in [4.78, 5) is 0. The van der Waals surface area contributed by atoms with Crippen LogP contribution in [-0.2, 0) is 0 Å². The van der Waals surface area contributed by atoms with E-state index in [4.69, 9.17) is 0 Å². The number of phenolic OH excluding ortho intramolecular Hbond substituents is 2. The van der Waals surface area contributed by atoms with Crippen molar-refractivity contribution in [2.75, 3.05) is 5.75 Å². The lowest BCUT2D eigenvalue weighted by atomic mass is 9.65. The Morgan fingerprint density at radius 2 is 1.54 bits per heavy atom. The molecule has 2 fully saturated rings. The minimum absolute atomic E-state index is 0.292. The normalized spacial score (nSPS) is 27.3. The van der Waals surface area contributed by atoms with E-state index in [1.54, 1.807) is 24.3 Å².